The van der Waals surface area contributed by atoms with Crippen molar-refractivity contribution in [2.45, 2.75) is 18.7 Å². The summed E-state index contributed by atoms with van der Waals surface area (Å²) in [6.45, 7) is 3.94. The van der Waals surface area contributed by atoms with E-state index in [4.69, 9.17) is 16.1 Å². The van der Waals surface area contributed by atoms with Gasteiger partial charge in [0, 0.05) is 15.8 Å². The van der Waals surface area contributed by atoms with Crippen LogP contribution in [0.3, 0.4) is 0 Å². The molecule has 3 rings (SSSR count). The number of rotatable bonds is 8. The van der Waals surface area contributed by atoms with E-state index >= 15 is 0 Å². The third-order valence-electron chi connectivity index (χ3n) is 4.38. The summed E-state index contributed by atoms with van der Waals surface area (Å²) in [7, 11) is -3.66. The lowest BCUT2D eigenvalue weighted by Crippen LogP contribution is -2.26. The Hall–Kier alpha value is -2.30. The molecule has 0 saturated carbocycles. The second-order valence-electron chi connectivity index (χ2n) is 6.66. The average Bonchev–Trinajstić information content (AvgIpc) is 2.80. The summed E-state index contributed by atoms with van der Waals surface area (Å²) in [5, 5.41) is 3.25. The first-order chi connectivity index (χ1) is 14.9. The zero-order valence-corrected chi connectivity index (χ0v) is 19.7. The molecule has 1 atom stereocenters. The minimum absolute atomic E-state index is 0.0710. The monoisotopic (exact) mass is 471 g/mol. The molecule has 0 fully saturated rings. The molecule has 0 aliphatic rings. The van der Waals surface area contributed by atoms with Crippen molar-refractivity contribution in [3.63, 3.8) is 0 Å². The summed E-state index contributed by atoms with van der Waals surface area (Å²) >= 11 is 7.92. The van der Waals surface area contributed by atoms with Gasteiger partial charge in [-0.25, -0.2) is 0 Å². The number of thioether (sulfide) groups is 1. The second-order valence-corrected chi connectivity index (χ2v) is 10.7. The first-order valence-corrected chi connectivity index (χ1v) is 12.6. The largest absolute Gasteiger partial charge is 0.321 e. The lowest BCUT2D eigenvalue weighted by molar-refractivity contribution is 0.0967. The van der Waals surface area contributed by atoms with E-state index in [9.17, 15) is 9.36 Å². The predicted octanol–water partition coefficient (Wildman–Crippen LogP) is 6.52. The van der Waals surface area contributed by atoms with Gasteiger partial charge in [0.15, 0.2) is 0 Å². The number of aryl methyl sites for hydroxylation is 1. The van der Waals surface area contributed by atoms with Crippen molar-refractivity contribution in [2.24, 2.45) is 0 Å². The summed E-state index contributed by atoms with van der Waals surface area (Å²) in [4.78, 5) is 13.8. The number of nitrogens with one attached hydrogen (secondary N) is 1. The van der Waals surface area contributed by atoms with Gasteiger partial charge in [-0.3, -0.25) is 9.36 Å². The van der Waals surface area contributed by atoms with Gasteiger partial charge in [-0.05, 0) is 50.2 Å². The molecule has 1 N–H and O–H groups in total. The van der Waals surface area contributed by atoms with Gasteiger partial charge in [-0.1, -0.05) is 77.5 Å². The van der Waals surface area contributed by atoms with E-state index in [0.29, 0.717) is 10.9 Å². The molecule has 0 heterocycles. The molecular formula is C24H23ClNO3PS. The van der Waals surface area contributed by atoms with Crippen molar-refractivity contribution in [1.29, 1.82) is 0 Å². The number of hydrogen-bond donors (Lipinski definition) is 1. The van der Waals surface area contributed by atoms with E-state index in [1.54, 1.807) is 55.5 Å². The molecule has 4 nitrogen and oxygen atoms in total. The van der Waals surface area contributed by atoms with Crippen LogP contribution in [-0.4, -0.2) is 12.5 Å². The third kappa shape index (κ3) is 5.90. The molecule has 3 aromatic carbocycles. The van der Waals surface area contributed by atoms with Crippen LogP contribution in [0.1, 0.15) is 22.8 Å². The predicted molar refractivity (Wildman–Crippen MR) is 129 cm³/mol. The van der Waals surface area contributed by atoms with Crippen molar-refractivity contribution >= 4 is 41.9 Å². The molecule has 7 heteroatoms. The summed E-state index contributed by atoms with van der Waals surface area (Å²) in [6, 6.07) is 25.3. The standard InChI is InChI=1S/C24H23ClNO3PS/c1-3-29-30(28,20-12-8-5-9-13-20)24(26-23(27)19-10-6-4-7-11-19)22(25)31-21-16-14-18(2)15-17-21/h4-17H,3H2,1-2H3,(H,26,27)/b24-22+. The lowest BCUT2D eigenvalue weighted by Gasteiger charge is -2.23. The Kier molecular flexibility index (Phi) is 8.16. The number of benzene rings is 3. The molecule has 0 radical (unpaired) electrons. The third-order valence-corrected chi connectivity index (χ3v) is 8.50. The van der Waals surface area contributed by atoms with Gasteiger partial charge in [0.05, 0.1) is 6.61 Å². The van der Waals surface area contributed by atoms with Gasteiger partial charge in [0.2, 0.25) is 0 Å². The second kappa shape index (κ2) is 10.8. The molecule has 0 saturated heterocycles. The highest BCUT2D eigenvalue weighted by atomic mass is 35.5. The normalized spacial score (nSPS) is 13.8. The molecule has 0 aliphatic heterocycles. The number of carbonyl (C=O) groups is 1. The molecule has 1 unspecified atom stereocenters. The van der Waals surface area contributed by atoms with Crippen LogP contribution in [0.25, 0.3) is 0 Å². The summed E-state index contributed by atoms with van der Waals surface area (Å²) < 4.78 is 20.1. The van der Waals surface area contributed by atoms with E-state index in [1.807, 2.05) is 43.3 Å². The first-order valence-electron chi connectivity index (χ1n) is 9.75. The molecule has 1 amide bonds. The van der Waals surface area contributed by atoms with Crippen LogP contribution in [0.15, 0.2) is 99.6 Å². The van der Waals surface area contributed by atoms with Gasteiger partial charge in [0.1, 0.15) is 9.80 Å². The van der Waals surface area contributed by atoms with E-state index < -0.39 is 13.3 Å². The minimum Gasteiger partial charge on any atom is -0.321 e. The van der Waals surface area contributed by atoms with Crippen molar-refractivity contribution < 1.29 is 13.9 Å². The molecule has 0 spiro atoms. The Morgan fingerprint density at radius 1 is 0.968 bits per heavy atom. The molecule has 0 aliphatic carbocycles. The molecular weight excluding hydrogens is 449 g/mol. The maximum absolute atomic E-state index is 14.2. The van der Waals surface area contributed by atoms with Crippen molar-refractivity contribution in [2.75, 3.05) is 6.61 Å². The van der Waals surface area contributed by atoms with Gasteiger partial charge in [0.25, 0.3) is 13.3 Å². The molecule has 0 aromatic heterocycles. The number of carbonyl (C=O) groups excluding carboxylic acids is 1. The fraction of sp³-hybridized carbons (Fsp3) is 0.125. The van der Waals surface area contributed by atoms with Crippen LogP contribution in [0.2, 0.25) is 0 Å². The first kappa shape index (κ1) is 23.4. The molecule has 3 aromatic rings. The number of amides is 1. The van der Waals surface area contributed by atoms with Gasteiger partial charge in [-0.15, -0.1) is 0 Å². The molecule has 31 heavy (non-hydrogen) atoms. The highest BCUT2D eigenvalue weighted by Crippen LogP contribution is 2.56. The van der Waals surface area contributed by atoms with Crippen LogP contribution >= 0.6 is 30.7 Å². The van der Waals surface area contributed by atoms with Gasteiger partial charge < -0.3 is 9.84 Å². The van der Waals surface area contributed by atoms with Crippen molar-refractivity contribution in [1.82, 2.24) is 5.32 Å². The Balaban J connectivity index is 2.08. The Morgan fingerprint density at radius 2 is 1.55 bits per heavy atom. The Bertz CT molecular complexity index is 1100. The van der Waals surface area contributed by atoms with E-state index in [2.05, 4.69) is 5.32 Å². The van der Waals surface area contributed by atoms with Crippen molar-refractivity contribution in [3.05, 3.63) is 106 Å². The van der Waals surface area contributed by atoms with Crippen molar-refractivity contribution in [3.8, 4) is 0 Å². The minimum atomic E-state index is -3.66. The Morgan fingerprint density at radius 3 is 2.13 bits per heavy atom. The summed E-state index contributed by atoms with van der Waals surface area (Å²) in [5.41, 5.74) is 1.62. The maximum atomic E-state index is 14.2. The molecule has 160 valence electrons. The quantitative estimate of drug-likeness (QED) is 0.300. The average molecular weight is 472 g/mol. The summed E-state index contributed by atoms with van der Waals surface area (Å²) in [5.74, 6) is -0.408. The van der Waals surface area contributed by atoms with Crippen LogP contribution in [-0.2, 0) is 9.09 Å². The lowest BCUT2D eigenvalue weighted by atomic mass is 10.2. The Labute approximate surface area is 192 Å². The van der Waals surface area contributed by atoms with Gasteiger partial charge in [-0.2, -0.15) is 0 Å². The smallest absolute Gasteiger partial charge is 0.279 e. The molecule has 0 bridgehead atoms. The van der Waals surface area contributed by atoms with E-state index in [1.165, 1.54) is 11.8 Å². The fourth-order valence-corrected chi connectivity index (χ4v) is 6.56. The summed E-state index contributed by atoms with van der Waals surface area (Å²) in [6.07, 6.45) is 0. The van der Waals surface area contributed by atoms with Crippen LogP contribution < -0.4 is 10.6 Å². The SMILES string of the molecule is CCOP(=O)(/C(NC(=O)c1ccccc1)=C(\Cl)Sc1ccc(C)cc1)c1ccccc1. The van der Waals surface area contributed by atoms with E-state index in [-0.39, 0.29) is 16.4 Å². The van der Waals surface area contributed by atoms with Crippen LogP contribution in [0, 0.1) is 6.92 Å². The maximum Gasteiger partial charge on any atom is 0.279 e. The van der Waals surface area contributed by atoms with E-state index in [0.717, 1.165) is 10.5 Å². The highest BCUT2D eigenvalue weighted by Gasteiger charge is 2.35. The van der Waals surface area contributed by atoms with Crippen LogP contribution in [0.4, 0.5) is 0 Å². The van der Waals surface area contributed by atoms with Crippen LogP contribution in [0.5, 0.6) is 0 Å². The zero-order chi connectivity index (χ0) is 22.3. The fourth-order valence-electron chi connectivity index (χ4n) is 2.84. The number of halogens is 1. The zero-order valence-electron chi connectivity index (χ0n) is 17.2. The topological polar surface area (TPSA) is 55.4 Å². The van der Waals surface area contributed by atoms with Gasteiger partial charge >= 0.3 is 0 Å². The number of hydrogen-bond acceptors (Lipinski definition) is 4. The highest BCUT2D eigenvalue weighted by molar-refractivity contribution is 8.05.